The third kappa shape index (κ3) is 4.42. The van der Waals surface area contributed by atoms with E-state index in [0.717, 1.165) is 32.5 Å². The third-order valence-corrected chi connectivity index (χ3v) is 7.08. The molecule has 1 N–H and O–H groups in total. The van der Waals surface area contributed by atoms with E-state index in [1.54, 1.807) is 13.8 Å². The van der Waals surface area contributed by atoms with Gasteiger partial charge in [0.25, 0.3) is 0 Å². The molecule has 1 aromatic rings. The minimum Gasteiger partial charge on any atom is -0.381 e. The second-order valence-electron chi connectivity index (χ2n) is 7.43. The molecule has 0 spiro atoms. The van der Waals surface area contributed by atoms with Gasteiger partial charge in [0, 0.05) is 31.7 Å². The molecule has 0 aromatic carbocycles. The average molecular weight is 372 g/mol. The lowest BCUT2D eigenvalue weighted by molar-refractivity contribution is -0.00467. The SMILES string of the molecule is Cc1noc(C)c1S(=O)(=O)NCC1(CN2CCCCC2)CCOCC1. The molecular formula is C17H29N3O4S. The maximum absolute atomic E-state index is 12.8. The van der Waals surface area contributed by atoms with Gasteiger partial charge in [-0.15, -0.1) is 0 Å². The van der Waals surface area contributed by atoms with Gasteiger partial charge in [0.1, 0.15) is 10.6 Å². The van der Waals surface area contributed by atoms with Crippen molar-refractivity contribution in [2.45, 2.75) is 50.8 Å². The van der Waals surface area contributed by atoms with E-state index in [-0.39, 0.29) is 10.3 Å². The summed E-state index contributed by atoms with van der Waals surface area (Å²) >= 11 is 0. The average Bonchev–Trinajstić information content (AvgIpc) is 2.94. The summed E-state index contributed by atoms with van der Waals surface area (Å²) in [5.41, 5.74) is 0.337. The van der Waals surface area contributed by atoms with Crippen molar-refractivity contribution in [2.24, 2.45) is 5.41 Å². The molecule has 8 heteroatoms. The van der Waals surface area contributed by atoms with E-state index in [9.17, 15) is 8.42 Å². The fourth-order valence-electron chi connectivity index (χ4n) is 3.97. The number of nitrogens with zero attached hydrogens (tertiary/aromatic N) is 2. The first-order chi connectivity index (χ1) is 11.9. The van der Waals surface area contributed by atoms with Gasteiger partial charge in [-0.05, 0) is 52.6 Å². The molecule has 2 aliphatic rings. The second-order valence-corrected chi connectivity index (χ2v) is 9.13. The van der Waals surface area contributed by atoms with Crippen LogP contribution in [0.2, 0.25) is 0 Å². The van der Waals surface area contributed by atoms with Crippen LogP contribution < -0.4 is 4.72 Å². The van der Waals surface area contributed by atoms with Gasteiger partial charge in [0.2, 0.25) is 10.0 Å². The molecule has 142 valence electrons. The number of hydrogen-bond donors (Lipinski definition) is 1. The van der Waals surface area contributed by atoms with Gasteiger partial charge in [-0.1, -0.05) is 11.6 Å². The number of aryl methyl sites for hydroxylation is 2. The van der Waals surface area contributed by atoms with E-state index in [1.165, 1.54) is 19.3 Å². The molecule has 0 bridgehead atoms. The zero-order chi connectivity index (χ0) is 17.9. The molecule has 0 saturated carbocycles. The maximum Gasteiger partial charge on any atom is 0.245 e. The zero-order valence-corrected chi connectivity index (χ0v) is 16.0. The van der Waals surface area contributed by atoms with Crippen LogP contribution in [0.4, 0.5) is 0 Å². The Bertz CT molecular complexity index is 655. The Hall–Kier alpha value is -0.960. The van der Waals surface area contributed by atoms with Crippen molar-refractivity contribution in [3.8, 4) is 0 Å². The molecule has 3 rings (SSSR count). The first-order valence-electron chi connectivity index (χ1n) is 9.15. The van der Waals surface area contributed by atoms with Gasteiger partial charge in [-0.2, -0.15) is 0 Å². The number of sulfonamides is 1. The van der Waals surface area contributed by atoms with Gasteiger partial charge in [-0.3, -0.25) is 0 Å². The summed E-state index contributed by atoms with van der Waals surface area (Å²) in [4.78, 5) is 2.66. The molecule has 2 fully saturated rings. The van der Waals surface area contributed by atoms with Crippen molar-refractivity contribution in [3.63, 3.8) is 0 Å². The van der Waals surface area contributed by atoms with Crippen LogP contribution in [0.5, 0.6) is 0 Å². The monoisotopic (exact) mass is 371 g/mol. The van der Waals surface area contributed by atoms with E-state index in [0.29, 0.717) is 31.2 Å². The van der Waals surface area contributed by atoms with Crippen LogP contribution in [0.25, 0.3) is 0 Å². The number of nitrogens with one attached hydrogen (secondary N) is 1. The van der Waals surface area contributed by atoms with Crippen molar-refractivity contribution in [1.29, 1.82) is 0 Å². The Kier molecular flexibility index (Phi) is 5.82. The molecule has 0 radical (unpaired) electrons. The van der Waals surface area contributed by atoms with E-state index >= 15 is 0 Å². The van der Waals surface area contributed by atoms with E-state index in [2.05, 4.69) is 14.8 Å². The van der Waals surface area contributed by atoms with Gasteiger partial charge >= 0.3 is 0 Å². The van der Waals surface area contributed by atoms with Crippen LogP contribution >= 0.6 is 0 Å². The van der Waals surface area contributed by atoms with Crippen molar-refractivity contribution in [3.05, 3.63) is 11.5 Å². The van der Waals surface area contributed by atoms with Crippen molar-refractivity contribution >= 4 is 10.0 Å². The fraction of sp³-hybridized carbons (Fsp3) is 0.824. The summed E-state index contributed by atoms with van der Waals surface area (Å²) in [5.74, 6) is 0.335. The largest absolute Gasteiger partial charge is 0.381 e. The molecule has 25 heavy (non-hydrogen) atoms. The molecule has 2 aliphatic heterocycles. The highest BCUT2D eigenvalue weighted by Gasteiger charge is 2.37. The molecule has 0 amide bonds. The summed E-state index contributed by atoms with van der Waals surface area (Å²) in [5, 5.41) is 3.77. The highest BCUT2D eigenvalue weighted by atomic mass is 32.2. The topological polar surface area (TPSA) is 84.7 Å². The first kappa shape index (κ1) is 18.8. The van der Waals surface area contributed by atoms with Gasteiger partial charge in [0.15, 0.2) is 5.76 Å². The number of ether oxygens (including phenoxy) is 1. The summed E-state index contributed by atoms with van der Waals surface area (Å²) in [6.45, 7) is 8.26. The van der Waals surface area contributed by atoms with Crippen LogP contribution in [0, 0.1) is 19.3 Å². The summed E-state index contributed by atoms with van der Waals surface area (Å²) in [6, 6.07) is 0. The second kappa shape index (κ2) is 7.73. The standard InChI is InChI=1S/C17H29N3O4S/c1-14-16(15(2)24-19-14)25(21,22)18-12-17(6-10-23-11-7-17)13-20-8-4-3-5-9-20/h18H,3-13H2,1-2H3. The minimum atomic E-state index is -3.62. The van der Waals surface area contributed by atoms with Gasteiger partial charge < -0.3 is 14.2 Å². The number of aromatic nitrogens is 1. The Morgan fingerprint density at radius 1 is 1.16 bits per heavy atom. The highest BCUT2D eigenvalue weighted by Crippen LogP contribution is 2.32. The van der Waals surface area contributed by atoms with Crippen LogP contribution in [0.1, 0.15) is 43.6 Å². The van der Waals surface area contributed by atoms with Crippen LogP contribution in [-0.4, -0.2) is 57.9 Å². The molecule has 0 unspecified atom stereocenters. The lowest BCUT2D eigenvalue weighted by atomic mass is 9.79. The molecule has 3 heterocycles. The van der Waals surface area contributed by atoms with Crippen molar-refractivity contribution in [1.82, 2.24) is 14.8 Å². The summed E-state index contributed by atoms with van der Waals surface area (Å²) in [6.07, 6.45) is 5.53. The van der Waals surface area contributed by atoms with Gasteiger partial charge in [-0.25, -0.2) is 13.1 Å². The number of piperidine rings is 1. The van der Waals surface area contributed by atoms with Crippen molar-refractivity contribution < 1.29 is 17.7 Å². The molecule has 0 aliphatic carbocycles. The van der Waals surface area contributed by atoms with E-state index in [1.807, 2.05) is 0 Å². The molecule has 0 atom stereocenters. The number of hydrogen-bond acceptors (Lipinski definition) is 6. The number of likely N-dealkylation sites (tertiary alicyclic amines) is 1. The quantitative estimate of drug-likeness (QED) is 0.821. The summed E-state index contributed by atoms with van der Waals surface area (Å²) in [7, 11) is -3.62. The summed E-state index contributed by atoms with van der Waals surface area (Å²) < 4.78 is 38.9. The molecule has 1 aromatic heterocycles. The van der Waals surface area contributed by atoms with Crippen LogP contribution in [0.15, 0.2) is 9.42 Å². The highest BCUT2D eigenvalue weighted by molar-refractivity contribution is 7.89. The van der Waals surface area contributed by atoms with E-state index in [4.69, 9.17) is 9.26 Å². The predicted molar refractivity (Wildman–Crippen MR) is 93.9 cm³/mol. The fourth-order valence-corrected chi connectivity index (χ4v) is 5.45. The maximum atomic E-state index is 12.8. The molecular weight excluding hydrogens is 342 g/mol. The van der Waals surface area contributed by atoms with Crippen LogP contribution in [-0.2, 0) is 14.8 Å². The van der Waals surface area contributed by atoms with E-state index < -0.39 is 10.0 Å². The lowest BCUT2D eigenvalue weighted by Crippen LogP contribution is -2.49. The Labute approximate surface area is 150 Å². The van der Waals surface area contributed by atoms with Crippen LogP contribution in [0.3, 0.4) is 0 Å². The normalized spacial score (nSPS) is 22.2. The third-order valence-electron chi connectivity index (χ3n) is 5.43. The molecule has 7 nitrogen and oxygen atoms in total. The first-order valence-corrected chi connectivity index (χ1v) is 10.6. The Balaban J connectivity index is 1.72. The van der Waals surface area contributed by atoms with Crippen molar-refractivity contribution in [2.75, 3.05) is 39.4 Å². The Morgan fingerprint density at radius 3 is 2.44 bits per heavy atom. The zero-order valence-electron chi connectivity index (χ0n) is 15.2. The van der Waals surface area contributed by atoms with Gasteiger partial charge in [0.05, 0.1) is 0 Å². The predicted octanol–water partition coefficient (Wildman–Crippen LogP) is 1.85. The molecule has 2 saturated heterocycles. The lowest BCUT2D eigenvalue weighted by Gasteiger charge is -2.42. The Morgan fingerprint density at radius 2 is 1.84 bits per heavy atom. The number of rotatable bonds is 6. The minimum absolute atomic E-state index is 0.0678. The smallest absolute Gasteiger partial charge is 0.245 e.